The number of carbonyl (C=O) groups is 1. The average molecular weight is 385 g/mol. The van der Waals surface area contributed by atoms with E-state index >= 15 is 0 Å². The van der Waals surface area contributed by atoms with Crippen LogP contribution < -0.4 is 10.9 Å². The quantitative estimate of drug-likeness (QED) is 0.488. The van der Waals surface area contributed by atoms with Gasteiger partial charge < -0.3 is 14.7 Å². The van der Waals surface area contributed by atoms with Gasteiger partial charge in [-0.25, -0.2) is 4.98 Å². The highest BCUT2D eigenvalue weighted by molar-refractivity contribution is 5.83. The number of pyridine rings is 1. The van der Waals surface area contributed by atoms with E-state index < -0.39 is 0 Å². The molecule has 1 amide bonds. The van der Waals surface area contributed by atoms with Crippen molar-refractivity contribution in [1.82, 2.24) is 24.3 Å². The number of hydrogen-bond acceptors (Lipinski definition) is 3. The second-order valence-corrected chi connectivity index (χ2v) is 6.96. The molecule has 0 spiro atoms. The van der Waals surface area contributed by atoms with Gasteiger partial charge in [-0.05, 0) is 42.3 Å². The van der Waals surface area contributed by atoms with Crippen molar-refractivity contribution in [1.29, 1.82) is 0 Å². The first-order chi connectivity index (χ1) is 14.2. The first-order valence-corrected chi connectivity index (χ1v) is 9.48. The molecule has 0 aliphatic heterocycles. The van der Waals surface area contributed by atoms with Crippen LogP contribution in [0, 0.1) is 0 Å². The third-order valence-corrected chi connectivity index (χ3v) is 5.19. The summed E-state index contributed by atoms with van der Waals surface area (Å²) in [6.07, 6.45) is 6.13. The lowest BCUT2D eigenvalue weighted by molar-refractivity contribution is -0.121. The van der Waals surface area contributed by atoms with E-state index in [4.69, 9.17) is 0 Å². The lowest BCUT2D eigenvalue weighted by Gasteiger charge is -2.11. The van der Waals surface area contributed by atoms with Gasteiger partial charge in [-0.1, -0.05) is 18.2 Å². The van der Waals surface area contributed by atoms with Crippen molar-refractivity contribution >= 4 is 33.5 Å². The van der Waals surface area contributed by atoms with Gasteiger partial charge >= 0.3 is 0 Å². The molecule has 0 saturated carbocycles. The number of H-pyrrole nitrogens is 1. The topological polar surface area (TPSA) is 84.2 Å². The van der Waals surface area contributed by atoms with Gasteiger partial charge in [0.05, 0.1) is 5.52 Å². The molecule has 0 fully saturated rings. The van der Waals surface area contributed by atoms with Gasteiger partial charge in [0.1, 0.15) is 12.1 Å². The summed E-state index contributed by atoms with van der Waals surface area (Å²) >= 11 is 0. The number of amides is 1. The van der Waals surface area contributed by atoms with Crippen molar-refractivity contribution in [3.8, 4) is 0 Å². The van der Waals surface area contributed by atoms with Crippen molar-refractivity contribution in [2.45, 2.75) is 13.0 Å². The largest absolute Gasteiger partial charge is 0.361 e. The van der Waals surface area contributed by atoms with Crippen LogP contribution in [0.1, 0.15) is 5.56 Å². The minimum Gasteiger partial charge on any atom is -0.361 e. The highest BCUT2D eigenvalue weighted by atomic mass is 16.2. The summed E-state index contributed by atoms with van der Waals surface area (Å²) in [4.78, 5) is 33.0. The number of fused-ring (bicyclic) bond motifs is 4. The molecule has 0 aliphatic rings. The summed E-state index contributed by atoms with van der Waals surface area (Å²) in [7, 11) is 0. The number of para-hydroxylation sites is 1. The maximum Gasteiger partial charge on any atom is 0.276 e. The number of carbonyl (C=O) groups excluding carboxylic acids is 1. The van der Waals surface area contributed by atoms with Crippen LogP contribution in [-0.2, 0) is 17.8 Å². The van der Waals surface area contributed by atoms with Crippen LogP contribution in [0.4, 0.5) is 0 Å². The molecule has 5 rings (SSSR count). The molecule has 0 saturated heterocycles. The van der Waals surface area contributed by atoms with Crippen LogP contribution in [0.15, 0.2) is 71.9 Å². The predicted molar refractivity (Wildman–Crippen MR) is 112 cm³/mol. The van der Waals surface area contributed by atoms with Crippen molar-refractivity contribution in [3.63, 3.8) is 0 Å². The van der Waals surface area contributed by atoms with Gasteiger partial charge in [0, 0.05) is 36.0 Å². The fourth-order valence-electron chi connectivity index (χ4n) is 3.81. The summed E-state index contributed by atoms with van der Waals surface area (Å²) in [5, 5.41) is 4.08. The predicted octanol–water partition coefficient (Wildman–Crippen LogP) is 2.49. The molecule has 0 radical (unpaired) electrons. The van der Waals surface area contributed by atoms with E-state index in [2.05, 4.69) is 21.4 Å². The molecule has 144 valence electrons. The Morgan fingerprint density at radius 3 is 2.86 bits per heavy atom. The number of aromatic nitrogens is 4. The SMILES string of the molecule is O=C(Cn1c(=O)c2cccn2c2cccnc21)NCCc1c[nH]c2ccccc12. The van der Waals surface area contributed by atoms with Crippen molar-refractivity contribution < 1.29 is 4.79 Å². The Kier molecular flexibility index (Phi) is 4.13. The van der Waals surface area contributed by atoms with E-state index in [1.54, 1.807) is 16.7 Å². The first-order valence-electron chi connectivity index (χ1n) is 9.48. The normalized spacial score (nSPS) is 11.4. The van der Waals surface area contributed by atoms with Crippen molar-refractivity contribution in [2.75, 3.05) is 6.54 Å². The fourth-order valence-corrected chi connectivity index (χ4v) is 3.81. The third-order valence-electron chi connectivity index (χ3n) is 5.19. The minimum absolute atomic E-state index is 0.0675. The summed E-state index contributed by atoms with van der Waals surface area (Å²) in [5.41, 5.74) is 3.81. The van der Waals surface area contributed by atoms with Gasteiger partial charge in [0.25, 0.3) is 5.56 Å². The highest BCUT2D eigenvalue weighted by Crippen LogP contribution is 2.17. The minimum atomic E-state index is -0.229. The van der Waals surface area contributed by atoms with E-state index in [1.807, 2.05) is 48.8 Å². The molecule has 7 heteroatoms. The Morgan fingerprint density at radius 1 is 1.07 bits per heavy atom. The number of nitrogens with one attached hydrogen (secondary N) is 2. The van der Waals surface area contributed by atoms with E-state index in [9.17, 15) is 9.59 Å². The highest BCUT2D eigenvalue weighted by Gasteiger charge is 2.14. The van der Waals surface area contributed by atoms with E-state index in [1.165, 1.54) is 4.57 Å². The maximum absolute atomic E-state index is 12.9. The lowest BCUT2D eigenvalue weighted by Crippen LogP contribution is -2.34. The van der Waals surface area contributed by atoms with Crippen LogP contribution in [0.3, 0.4) is 0 Å². The third kappa shape index (κ3) is 2.97. The zero-order valence-electron chi connectivity index (χ0n) is 15.6. The Bertz CT molecular complexity index is 1410. The van der Waals surface area contributed by atoms with Crippen LogP contribution in [0.5, 0.6) is 0 Å². The van der Waals surface area contributed by atoms with Crippen LogP contribution in [0.25, 0.3) is 27.6 Å². The zero-order chi connectivity index (χ0) is 19.8. The van der Waals surface area contributed by atoms with Crippen molar-refractivity contribution in [3.05, 3.63) is 83.0 Å². The number of benzene rings is 1. The summed E-state index contributed by atoms with van der Waals surface area (Å²) in [6.45, 7) is 0.427. The molecule has 2 N–H and O–H groups in total. The molecule has 0 aliphatic carbocycles. The van der Waals surface area contributed by atoms with E-state index in [0.717, 1.165) is 22.0 Å². The first kappa shape index (κ1) is 17.2. The number of nitrogens with zero attached hydrogens (tertiary/aromatic N) is 3. The molecule has 0 unspecified atom stereocenters. The van der Waals surface area contributed by atoms with Crippen LogP contribution in [0.2, 0.25) is 0 Å². The Labute approximate surface area is 165 Å². The zero-order valence-corrected chi connectivity index (χ0v) is 15.6. The molecule has 1 aromatic carbocycles. The summed E-state index contributed by atoms with van der Waals surface area (Å²) < 4.78 is 3.24. The summed E-state index contributed by atoms with van der Waals surface area (Å²) in [6, 6.07) is 15.3. The standard InChI is InChI=1S/C22H19N5O2/c28-20(23-11-9-15-13-25-17-6-2-1-5-16(15)17)14-27-21-18(7-3-10-24-21)26-12-4-8-19(26)22(27)29/h1-8,10,12-13,25H,9,11,14H2,(H,23,28). The van der Waals surface area contributed by atoms with Gasteiger partial charge in [-0.15, -0.1) is 0 Å². The Hall–Kier alpha value is -3.87. The Morgan fingerprint density at radius 2 is 1.93 bits per heavy atom. The van der Waals surface area contributed by atoms with Gasteiger partial charge in [0.2, 0.25) is 5.91 Å². The average Bonchev–Trinajstić information content (AvgIpc) is 3.39. The number of hydrogen-bond donors (Lipinski definition) is 2. The molecule has 0 atom stereocenters. The summed E-state index contributed by atoms with van der Waals surface area (Å²) in [5.74, 6) is -0.213. The maximum atomic E-state index is 12.9. The van der Waals surface area contributed by atoms with Crippen LogP contribution in [-0.4, -0.2) is 31.4 Å². The smallest absolute Gasteiger partial charge is 0.276 e. The molecule has 4 heterocycles. The van der Waals surface area contributed by atoms with Gasteiger partial charge in [-0.3, -0.25) is 14.2 Å². The second-order valence-electron chi connectivity index (χ2n) is 6.96. The lowest BCUT2D eigenvalue weighted by atomic mass is 10.1. The molecule has 0 bridgehead atoms. The Balaban J connectivity index is 1.36. The second kappa shape index (κ2) is 6.94. The molecule has 7 nitrogen and oxygen atoms in total. The van der Waals surface area contributed by atoms with E-state index in [0.29, 0.717) is 24.1 Å². The van der Waals surface area contributed by atoms with E-state index in [-0.39, 0.29) is 18.0 Å². The fraction of sp³-hybridized carbons (Fsp3) is 0.136. The van der Waals surface area contributed by atoms with Gasteiger partial charge in [-0.2, -0.15) is 0 Å². The molecule has 29 heavy (non-hydrogen) atoms. The molecular weight excluding hydrogens is 366 g/mol. The monoisotopic (exact) mass is 385 g/mol. The van der Waals surface area contributed by atoms with Gasteiger partial charge in [0.15, 0.2) is 5.65 Å². The number of aromatic amines is 1. The molecule has 5 aromatic rings. The molecule has 4 aromatic heterocycles. The molecular formula is C22H19N5O2. The van der Waals surface area contributed by atoms with Crippen LogP contribution >= 0.6 is 0 Å². The van der Waals surface area contributed by atoms with Crippen molar-refractivity contribution in [2.24, 2.45) is 0 Å². The number of rotatable bonds is 5.